The number of nitrogens with zero attached hydrogens (tertiary/aromatic N) is 1. The summed E-state index contributed by atoms with van der Waals surface area (Å²) < 4.78 is 22.8. The Morgan fingerprint density at radius 3 is 2.50 bits per heavy atom. The lowest BCUT2D eigenvalue weighted by Crippen LogP contribution is -2.53. The normalized spacial score (nSPS) is 35.0. The van der Waals surface area contributed by atoms with E-state index in [1.165, 1.54) is 0 Å². The molecule has 2 heterocycles. The summed E-state index contributed by atoms with van der Waals surface area (Å²) in [6.07, 6.45) is 2.34. The molecule has 1 amide bonds. The molecule has 0 unspecified atom stereocenters. The van der Waals surface area contributed by atoms with Gasteiger partial charge < -0.3 is 10.0 Å². The standard InChI is InChI=1S/C14H25NO4S/c1-3-12-10-15(7-6-14(12,2)17)13(16)11-4-8-20(18,19)9-5-11/h11-12,17H,3-10H2,1-2H3/t12-,14+/m0/s1. The van der Waals surface area contributed by atoms with Crippen molar-refractivity contribution in [1.82, 2.24) is 4.90 Å². The van der Waals surface area contributed by atoms with Crippen LogP contribution in [0.1, 0.15) is 39.5 Å². The maximum atomic E-state index is 12.5. The topological polar surface area (TPSA) is 74.7 Å². The number of likely N-dealkylation sites (tertiary alicyclic amines) is 1. The second kappa shape index (κ2) is 5.64. The number of amides is 1. The third kappa shape index (κ3) is 3.34. The Morgan fingerprint density at radius 1 is 1.35 bits per heavy atom. The third-order valence-electron chi connectivity index (χ3n) is 4.92. The molecule has 0 aromatic rings. The van der Waals surface area contributed by atoms with Gasteiger partial charge in [0.05, 0.1) is 17.1 Å². The number of hydrogen-bond acceptors (Lipinski definition) is 4. The largest absolute Gasteiger partial charge is 0.390 e. The van der Waals surface area contributed by atoms with Gasteiger partial charge in [0.2, 0.25) is 5.91 Å². The fraction of sp³-hybridized carbons (Fsp3) is 0.929. The van der Waals surface area contributed by atoms with E-state index in [4.69, 9.17) is 0 Å². The zero-order valence-electron chi connectivity index (χ0n) is 12.3. The molecule has 2 rings (SSSR count). The van der Waals surface area contributed by atoms with Gasteiger partial charge in [0.25, 0.3) is 0 Å². The van der Waals surface area contributed by atoms with Crippen LogP contribution in [-0.4, -0.2) is 54.5 Å². The molecule has 0 aromatic heterocycles. The molecule has 2 aliphatic rings. The maximum Gasteiger partial charge on any atom is 0.225 e. The van der Waals surface area contributed by atoms with Crippen molar-refractivity contribution in [1.29, 1.82) is 0 Å². The van der Waals surface area contributed by atoms with Gasteiger partial charge in [0.15, 0.2) is 0 Å². The van der Waals surface area contributed by atoms with Crippen LogP contribution in [0.15, 0.2) is 0 Å². The van der Waals surface area contributed by atoms with Crippen molar-refractivity contribution in [3.8, 4) is 0 Å². The molecule has 0 bridgehead atoms. The first-order chi connectivity index (χ1) is 9.25. The van der Waals surface area contributed by atoms with Crippen LogP contribution in [-0.2, 0) is 14.6 Å². The highest BCUT2D eigenvalue weighted by Crippen LogP contribution is 2.31. The molecule has 0 radical (unpaired) electrons. The second-order valence-corrected chi connectivity index (χ2v) is 8.73. The van der Waals surface area contributed by atoms with Gasteiger partial charge in [-0.05, 0) is 32.6 Å². The fourth-order valence-electron chi connectivity index (χ4n) is 3.28. The summed E-state index contributed by atoms with van der Waals surface area (Å²) in [5.74, 6) is 0.290. The number of carbonyl (C=O) groups is 1. The Bertz CT molecular complexity index is 458. The summed E-state index contributed by atoms with van der Waals surface area (Å²) in [4.78, 5) is 14.3. The molecule has 2 atom stereocenters. The van der Waals surface area contributed by atoms with E-state index in [0.29, 0.717) is 32.4 Å². The minimum Gasteiger partial charge on any atom is -0.390 e. The minimum atomic E-state index is -2.92. The first-order valence-corrected chi connectivity index (χ1v) is 9.29. The number of aliphatic hydroxyl groups is 1. The van der Waals surface area contributed by atoms with E-state index in [2.05, 4.69) is 0 Å². The lowest BCUT2D eigenvalue weighted by atomic mass is 9.80. The molecule has 116 valence electrons. The van der Waals surface area contributed by atoms with E-state index in [1.54, 1.807) is 0 Å². The predicted octanol–water partition coefficient (Wildman–Crippen LogP) is 0.821. The fourth-order valence-corrected chi connectivity index (χ4v) is 4.78. The summed E-state index contributed by atoms with van der Waals surface area (Å²) in [6.45, 7) is 5.04. The number of hydrogen-bond donors (Lipinski definition) is 1. The molecular weight excluding hydrogens is 278 g/mol. The SMILES string of the molecule is CC[C@H]1CN(C(=O)C2CCS(=O)(=O)CC2)CC[C@@]1(C)O. The predicted molar refractivity (Wildman–Crippen MR) is 77.0 cm³/mol. The molecule has 20 heavy (non-hydrogen) atoms. The van der Waals surface area contributed by atoms with Crippen LogP contribution in [0.5, 0.6) is 0 Å². The van der Waals surface area contributed by atoms with E-state index >= 15 is 0 Å². The molecule has 2 saturated heterocycles. The molecular formula is C14H25NO4S. The van der Waals surface area contributed by atoms with Crippen LogP contribution >= 0.6 is 0 Å². The van der Waals surface area contributed by atoms with Crippen LogP contribution in [0.3, 0.4) is 0 Å². The highest BCUT2D eigenvalue weighted by molar-refractivity contribution is 7.91. The van der Waals surface area contributed by atoms with Crippen molar-refractivity contribution in [2.45, 2.75) is 45.1 Å². The molecule has 0 aromatic carbocycles. The van der Waals surface area contributed by atoms with Gasteiger partial charge in [-0.3, -0.25) is 4.79 Å². The van der Waals surface area contributed by atoms with E-state index in [9.17, 15) is 18.3 Å². The molecule has 0 aliphatic carbocycles. The first-order valence-electron chi connectivity index (χ1n) is 7.47. The Morgan fingerprint density at radius 2 is 1.95 bits per heavy atom. The van der Waals surface area contributed by atoms with Crippen molar-refractivity contribution in [2.24, 2.45) is 11.8 Å². The summed E-state index contributed by atoms with van der Waals surface area (Å²) >= 11 is 0. The Kier molecular flexibility index (Phi) is 4.44. The summed E-state index contributed by atoms with van der Waals surface area (Å²) in [6, 6.07) is 0. The molecule has 2 fully saturated rings. The van der Waals surface area contributed by atoms with Crippen LogP contribution in [0.4, 0.5) is 0 Å². The smallest absolute Gasteiger partial charge is 0.225 e. The van der Waals surface area contributed by atoms with Crippen molar-refractivity contribution >= 4 is 15.7 Å². The lowest BCUT2D eigenvalue weighted by Gasteiger charge is -2.43. The zero-order chi connectivity index (χ0) is 15.0. The third-order valence-corrected chi connectivity index (χ3v) is 6.63. The molecule has 6 heteroatoms. The number of carbonyl (C=O) groups excluding carboxylic acids is 1. The monoisotopic (exact) mass is 303 g/mol. The summed E-state index contributed by atoms with van der Waals surface area (Å²) in [5.41, 5.74) is -0.693. The Labute approximate surface area is 121 Å². The van der Waals surface area contributed by atoms with Crippen molar-refractivity contribution in [3.63, 3.8) is 0 Å². The Hall–Kier alpha value is -0.620. The number of piperidine rings is 1. The van der Waals surface area contributed by atoms with Gasteiger partial charge in [0, 0.05) is 24.9 Å². The quantitative estimate of drug-likeness (QED) is 0.819. The maximum absolute atomic E-state index is 12.5. The number of rotatable bonds is 2. The van der Waals surface area contributed by atoms with E-state index in [1.807, 2.05) is 18.7 Å². The van der Waals surface area contributed by atoms with Crippen LogP contribution in [0, 0.1) is 11.8 Å². The second-order valence-electron chi connectivity index (χ2n) is 6.42. The first kappa shape index (κ1) is 15.8. The number of sulfone groups is 1. The average molecular weight is 303 g/mol. The van der Waals surface area contributed by atoms with E-state index in [-0.39, 0.29) is 29.2 Å². The van der Waals surface area contributed by atoms with Crippen LogP contribution in [0.2, 0.25) is 0 Å². The summed E-state index contributed by atoms with van der Waals surface area (Å²) in [5, 5.41) is 10.3. The highest BCUT2D eigenvalue weighted by atomic mass is 32.2. The van der Waals surface area contributed by atoms with Crippen LogP contribution < -0.4 is 0 Å². The van der Waals surface area contributed by atoms with E-state index < -0.39 is 15.4 Å². The Balaban J connectivity index is 1.97. The molecule has 1 N–H and O–H groups in total. The highest BCUT2D eigenvalue weighted by Gasteiger charge is 2.40. The van der Waals surface area contributed by atoms with E-state index in [0.717, 1.165) is 6.42 Å². The van der Waals surface area contributed by atoms with Crippen molar-refractivity contribution < 1.29 is 18.3 Å². The van der Waals surface area contributed by atoms with Crippen LogP contribution in [0.25, 0.3) is 0 Å². The minimum absolute atomic E-state index is 0.0776. The van der Waals surface area contributed by atoms with Gasteiger partial charge in [-0.2, -0.15) is 0 Å². The summed E-state index contributed by atoms with van der Waals surface area (Å²) in [7, 11) is -2.92. The van der Waals surface area contributed by atoms with Gasteiger partial charge in [-0.25, -0.2) is 8.42 Å². The van der Waals surface area contributed by atoms with Gasteiger partial charge >= 0.3 is 0 Å². The van der Waals surface area contributed by atoms with Gasteiger partial charge in [0.1, 0.15) is 9.84 Å². The zero-order valence-corrected chi connectivity index (χ0v) is 13.2. The van der Waals surface area contributed by atoms with Crippen molar-refractivity contribution in [2.75, 3.05) is 24.6 Å². The molecule has 2 aliphatic heterocycles. The van der Waals surface area contributed by atoms with Gasteiger partial charge in [-0.1, -0.05) is 6.92 Å². The molecule has 0 saturated carbocycles. The molecule has 0 spiro atoms. The lowest BCUT2D eigenvalue weighted by molar-refractivity contribution is -0.143. The van der Waals surface area contributed by atoms with Gasteiger partial charge in [-0.15, -0.1) is 0 Å². The average Bonchev–Trinajstić information content (AvgIpc) is 2.37. The van der Waals surface area contributed by atoms with Crippen molar-refractivity contribution in [3.05, 3.63) is 0 Å². The molecule has 5 nitrogen and oxygen atoms in total.